The number of para-hydroxylation sites is 1. The summed E-state index contributed by atoms with van der Waals surface area (Å²) in [5.41, 5.74) is 0.304. The number of halogens is 4. The second-order valence-corrected chi connectivity index (χ2v) is 9.05. The van der Waals surface area contributed by atoms with Crippen molar-refractivity contribution in [1.82, 2.24) is 9.80 Å². The fraction of sp³-hybridized carbons (Fsp3) is 0.185. The van der Waals surface area contributed by atoms with Crippen LogP contribution in [0.1, 0.15) is 27.7 Å². The zero-order valence-electron chi connectivity index (χ0n) is 19.3. The van der Waals surface area contributed by atoms with Gasteiger partial charge in [-0.25, -0.2) is 4.79 Å². The van der Waals surface area contributed by atoms with Crippen LogP contribution in [0.4, 0.5) is 23.7 Å². The van der Waals surface area contributed by atoms with E-state index in [4.69, 9.17) is 16.0 Å². The molecule has 1 aromatic heterocycles. The number of furan rings is 1. The summed E-state index contributed by atoms with van der Waals surface area (Å²) in [7, 11) is 0. The Morgan fingerprint density at radius 2 is 1.68 bits per heavy atom. The lowest BCUT2D eigenvalue weighted by atomic mass is 10.0. The van der Waals surface area contributed by atoms with Gasteiger partial charge in [-0.2, -0.15) is 13.2 Å². The van der Waals surface area contributed by atoms with E-state index >= 15 is 0 Å². The number of piperazine rings is 1. The summed E-state index contributed by atoms with van der Waals surface area (Å²) >= 11 is 6.08. The molecule has 1 atom stereocenters. The van der Waals surface area contributed by atoms with Crippen LogP contribution in [0.3, 0.4) is 0 Å². The van der Waals surface area contributed by atoms with Gasteiger partial charge in [0.15, 0.2) is 5.76 Å². The summed E-state index contributed by atoms with van der Waals surface area (Å²) in [4.78, 5) is 29.7. The molecule has 10 heteroatoms. The number of nitrogens with zero attached hydrogens (tertiary/aromatic N) is 2. The highest BCUT2D eigenvalue weighted by Gasteiger charge is 2.36. The SMILES string of the molecule is O=C(c1cc2ccccc2o1)N1CCN(C(=O)Nc2cc(C(F)(F)F)ccc2Cl)C(c2ccccc2)C1. The van der Waals surface area contributed by atoms with Crippen LogP contribution in [0.2, 0.25) is 5.02 Å². The second-order valence-electron chi connectivity index (χ2n) is 8.64. The van der Waals surface area contributed by atoms with Gasteiger partial charge in [0, 0.05) is 25.0 Å². The number of alkyl halides is 3. The molecule has 3 aromatic carbocycles. The molecule has 0 bridgehead atoms. The number of hydrogen-bond acceptors (Lipinski definition) is 3. The Bertz CT molecular complexity index is 1420. The Balaban J connectivity index is 1.40. The van der Waals surface area contributed by atoms with Crippen molar-refractivity contribution in [3.05, 3.63) is 101 Å². The van der Waals surface area contributed by atoms with Crippen molar-refractivity contribution in [2.24, 2.45) is 0 Å². The maximum Gasteiger partial charge on any atom is 0.416 e. The molecule has 6 nitrogen and oxygen atoms in total. The number of hydrogen-bond donors (Lipinski definition) is 1. The van der Waals surface area contributed by atoms with E-state index in [1.807, 2.05) is 48.5 Å². The summed E-state index contributed by atoms with van der Waals surface area (Å²) in [5, 5.41) is 3.31. The number of amides is 3. The molecule has 0 radical (unpaired) electrons. The summed E-state index contributed by atoms with van der Waals surface area (Å²) < 4.78 is 45.3. The summed E-state index contributed by atoms with van der Waals surface area (Å²) in [5.74, 6) is -0.111. The zero-order valence-corrected chi connectivity index (χ0v) is 20.1. The maximum absolute atomic E-state index is 13.3. The molecule has 190 valence electrons. The average Bonchev–Trinajstić information content (AvgIpc) is 3.33. The number of carbonyl (C=O) groups excluding carboxylic acids is 2. The average molecular weight is 528 g/mol. The monoisotopic (exact) mass is 527 g/mol. The first-order valence-corrected chi connectivity index (χ1v) is 11.9. The van der Waals surface area contributed by atoms with Crippen LogP contribution in [0.15, 0.2) is 83.3 Å². The number of fused-ring (bicyclic) bond motifs is 1. The highest BCUT2D eigenvalue weighted by molar-refractivity contribution is 6.33. The fourth-order valence-electron chi connectivity index (χ4n) is 4.40. The van der Waals surface area contributed by atoms with Crippen LogP contribution in [0.25, 0.3) is 11.0 Å². The highest BCUT2D eigenvalue weighted by atomic mass is 35.5. The second kappa shape index (κ2) is 9.82. The van der Waals surface area contributed by atoms with Crippen molar-refractivity contribution in [3.8, 4) is 0 Å². The molecule has 3 amide bonds. The molecule has 37 heavy (non-hydrogen) atoms. The van der Waals surface area contributed by atoms with Gasteiger partial charge in [-0.1, -0.05) is 60.1 Å². The fourth-order valence-corrected chi connectivity index (χ4v) is 4.56. The maximum atomic E-state index is 13.3. The Kier molecular flexibility index (Phi) is 6.55. The van der Waals surface area contributed by atoms with Gasteiger partial charge in [-0.3, -0.25) is 4.79 Å². The Morgan fingerprint density at radius 3 is 2.41 bits per heavy atom. The van der Waals surface area contributed by atoms with Crippen LogP contribution in [0.5, 0.6) is 0 Å². The third-order valence-electron chi connectivity index (χ3n) is 6.28. The lowest BCUT2D eigenvalue weighted by Crippen LogP contribution is -2.53. The molecule has 1 N–H and O–H groups in total. The normalized spacial score (nSPS) is 16.2. The number of benzene rings is 3. The van der Waals surface area contributed by atoms with E-state index in [1.165, 1.54) is 4.90 Å². The van der Waals surface area contributed by atoms with Gasteiger partial charge >= 0.3 is 12.2 Å². The van der Waals surface area contributed by atoms with Crippen molar-refractivity contribution in [1.29, 1.82) is 0 Å². The minimum absolute atomic E-state index is 0.0173. The van der Waals surface area contributed by atoms with Crippen molar-refractivity contribution in [3.63, 3.8) is 0 Å². The van der Waals surface area contributed by atoms with Gasteiger partial charge in [0.1, 0.15) is 5.58 Å². The molecule has 0 aliphatic carbocycles. The highest BCUT2D eigenvalue weighted by Crippen LogP contribution is 2.35. The third-order valence-corrected chi connectivity index (χ3v) is 6.61. The Labute approximate surface area is 215 Å². The smallest absolute Gasteiger partial charge is 0.416 e. The van der Waals surface area contributed by atoms with Gasteiger partial charge in [0.2, 0.25) is 0 Å². The van der Waals surface area contributed by atoms with Crippen LogP contribution in [0, 0.1) is 0 Å². The first-order chi connectivity index (χ1) is 17.7. The summed E-state index contributed by atoms with van der Waals surface area (Å²) in [6.45, 7) is 0.528. The van der Waals surface area contributed by atoms with Crippen molar-refractivity contribution < 1.29 is 27.2 Å². The standard InChI is InChI=1S/C27H21ClF3N3O3/c28-20-11-10-19(27(29,30)31)15-21(20)32-26(36)34-13-12-33(16-22(34)17-6-2-1-3-7-17)25(35)24-14-18-8-4-5-9-23(18)37-24/h1-11,14-15,22H,12-13,16H2,(H,32,36). The van der Waals surface area contributed by atoms with E-state index in [9.17, 15) is 22.8 Å². The van der Waals surface area contributed by atoms with Crippen LogP contribution in [-0.2, 0) is 6.18 Å². The van der Waals surface area contributed by atoms with Crippen molar-refractivity contribution in [2.45, 2.75) is 12.2 Å². The number of urea groups is 1. The van der Waals surface area contributed by atoms with Crippen LogP contribution < -0.4 is 5.32 Å². The lowest BCUT2D eigenvalue weighted by molar-refractivity contribution is -0.137. The van der Waals surface area contributed by atoms with Crippen molar-refractivity contribution >= 4 is 40.2 Å². The van der Waals surface area contributed by atoms with E-state index < -0.39 is 23.8 Å². The number of rotatable bonds is 3. The minimum atomic E-state index is -4.58. The number of carbonyl (C=O) groups is 2. The number of anilines is 1. The molecular weight excluding hydrogens is 507 g/mol. The molecule has 1 aliphatic heterocycles. The first-order valence-electron chi connectivity index (χ1n) is 11.5. The van der Waals surface area contributed by atoms with Gasteiger partial charge in [0.05, 0.1) is 22.3 Å². The molecule has 4 aromatic rings. The minimum Gasteiger partial charge on any atom is -0.451 e. The van der Waals surface area contributed by atoms with E-state index in [1.54, 1.807) is 17.0 Å². The third kappa shape index (κ3) is 5.13. The Morgan fingerprint density at radius 1 is 0.946 bits per heavy atom. The van der Waals surface area contributed by atoms with Gasteiger partial charge < -0.3 is 19.5 Å². The molecule has 1 fully saturated rings. The predicted molar refractivity (Wildman–Crippen MR) is 133 cm³/mol. The number of nitrogens with one attached hydrogen (secondary N) is 1. The topological polar surface area (TPSA) is 65.8 Å². The zero-order chi connectivity index (χ0) is 26.2. The van der Waals surface area contributed by atoms with E-state index in [-0.39, 0.29) is 42.0 Å². The summed E-state index contributed by atoms with van der Waals surface area (Å²) in [6, 6.07) is 19.7. The summed E-state index contributed by atoms with van der Waals surface area (Å²) in [6.07, 6.45) is -4.58. The van der Waals surface area contributed by atoms with Crippen molar-refractivity contribution in [2.75, 3.05) is 25.0 Å². The van der Waals surface area contributed by atoms with E-state index in [0.29, 0.717) is 5.58 Å². The molecule has 1 aliphatic rings. The molecule has 2 heterocycles. The molecule has 1 saturated heterocycles. The predicted octanol–water partition coefficient (Wildman–Crippen LogP) is 6.84. The molecule has 0 spiro atoms. The quantitative estimate of drug-likeness (QED) is 0.317. The Hall–Kier alpha value is -3.98. The largest absolute Gasteiger partial charge is 0.451 e. The van der Waals surface area contributed by atoms with E-state index in [2.05, 4.69) is 5.32 Å². The van der Waals surface area contributed by atoms with Crippen LogP contribution >= 0.6 is 11.6 Å². The molecule has 0 saturated carbocycles. The van der Waals surface area contributed by atoms with Gasteiger partial charge in [0.25, 0.3) is 5.91 Å². The molecule has 5 rings (SSSR count). The molecular formula is C27H21ClF3N3O3. The molecule has 1 unspecified atom stereocenters. The van der Waals surface area contributed by atoms with E-state index in [0.717, 1.165) is 29.1 Å². The first kappa shape index (κ1) is 24.7. The lowest BCUT2D eigenvalue weighted by Gasteiger charge is -2.41. The van der Waals surface area contributed by atoms with Crippen LogP contribution in [-0.4, -0.2) is 41.4 Å². The van der Waals surface area contributed by atoms with Gasteiger partial charge in [-0.15, -0.1) is 0 Å². The van der Waals surface area contributed by atoms with Gasteiger partial charge in [-0.05, 0) is 35.9 Å².